The summed E-state index contributed by atoms with van der Waals surface area (Å²) >= 11 is 0. The van der Waals surface area contributed by atoms with E-state index in [-0.39, 0.29) is 37.2 Å². The molecule has 2 atom stereocenters. The van der Waals surface area contributed by atoms with Gasteiger partial charge in [-0.1, -0.05) is 48.5 Å². The molecule has 1 aliphatic heterocycles. The highest BCUT2D eigenvalue weighted by atomic mass is 32.2. The largest absolute Gasteiger partial charge is 0.506 e. The van der Waals surface area contributed by atoms with E-state index in [4.69, 9.17) is 9.47 Å². The second-order valence-corrected chi connectivity index (χ2v) is 10.1. The first-order valence-electron chi connectivity index (χ1n) is 10.9. The van der Waals surface area contributed by atoms with Crippen LogP contribution in [0.4, 0.5) is 5.69 Å². The van der Waals surface area contributed by atoms with Gasteiger partial charge in [-0.2, -0.15) is 0 Å². The van der Waals surface area contributed by atoms with Gasteiger partial charge in [0.15, 0.2) is 11.5 Å². The molecule has 0 aliphatic carbocycles. The number of ether oxygens (including phenoxy) is 2. The third-order valence-electron chi connectivity index (χ3n) is 5.51. The maximum atomic E-state index is 11.5. The Morgan fingerprint density at radius 3 is 2.53 bits per heavy atom. The Morgan fingerprint density at radius 1 is 0.971 bits per heavy atom. The average molecular weight is 485 g/mol. The zero-order valence-electron chi connectivity index (χ0n) is 18.8. The van der Waals surface area contributed by atoms with E-state index < -0.39 is 16.1 Å². The molecule has 180 valence electrons. The van der Waals surface area contributed by atoms with Gasteiger partial charge in [0.25, 0.3) is 0 Å². The fourth-order valence-electron chi connectivity index (χ4n) is 3.98. The number of phenolic OH excluding ortho intramolecular Hbond substituents is 1. The molecule has 0 amide bonds. The Morgan fingerprint density at radius 2 is 1.76 bits per heavy atom. The van der Waals surface area contributed by atoms with E-state index in [1.165, 1.54) is 12.1 Å². The number of para-hydroxylation sites is 1. The smallest absolute Gasteiger partial charge is 0.231 e. The van der Waals surface area contributed by atoms with E-state index in [9.17, 15) is 18.6 Å². The van der Waals surface area contributed by atoms with E-state index in [0.717, 1.165) is 17.4 Å². The average Bonchev–Trinajstić information content (AvgIpc) is 3.28. The van der Waals surface area contributed by atoms with Gasteiger partial charge >= 0.3 is 0 Å². The van der Waals surface area contributed by atoms with Crippen molar-refractivity contribution in [1.82, 2.24) is 5.32 Å². The van der Waals surface area contributed by atoms with Gasteiger partial charge in [0.05, 0.1) is 18.0 Å². The van der Waals surface area contributed by atoms with Crippen molar-refractivity contribution in [2.45, 2.75) is 25.0 Å². The number of aliphatic hydroxyl groups is 1. The zero-order valence-corrected chi connectivity index (χ0v) is 19.6. The third kappa shape index (κ3) is 6.19. The van der Waals surface area contributed by atoms with Crippen LogP contribution in [-0.4, -0.2) is 44.3 Å². The van der Waals surface area contributed by atoms with Crippen molar-refractivity contribution in [2.75, 3.05) is 24.3 Å². The summed E-state index contributed by atoms with van der Waals surface area (Å²) in [5.41, 5.74) is 2.87. The quantitative estimate of drug-likeness (QED) is 0.327. The highest BCUT2D eigenvalue weighted by molar-refractivity contribution is 7.92. The third-order valence-corrected chi connectivity index (χ3v) is 6.10. The van der Waals surface area contributed by atoms with Crippen LogP contribution in [0.3, 0.4) is 0 Å². The van der Waals surface area contributed by atoms with Gasteiger partial charge in [0.1, 0.15) is 5.75 Å². The molecule has 3 aromatic carbocycles. The maximum absolute atomic E-state index is 11.5. The van der Waals surface area contributed by atoms with Crippen LogP contribution in [0, 0.1) is 0 Å². The minimum atomic E-state index is -3.54. The van der Waals surface area contributed by atoms with Gasteiger partial charge in [-0.05, 0) is 42.2 Å². The SMILES string of the molecule is CS(=O)(=O)Nc1cc(C[C@H](O)CNC(Cc2ccccc2)c2cccc3c2OCO3)ccc1O. The minimum Gasteiger partial charge on any atom is -0.506 e. The first kappa shape index (κ1) is 23.9. The van der Waals surface area contributed by atoms with Gasteiger partial charge in [-0.15, -0.1) is 0 Å². The molecule has 1 unspecified atom stereocenters. The molecule has 0 spiro atoms. The van der Waals surface area contributed by atoms with Gasteiger partial charge < -0.3 is 25.0 Å². The van der Waals surface area contributed by atoms with Crippen LogP contribution >= 0.6 is 0 Å². The Balaban J connectivity index is 1.47. The summed E-state index contributed by atoms with van der Waals surface area (Å²) in [5, 5.41) is 24.1. The lowest BCUT2D eigenvalue weighted by atomic mass is 9.97. The first-order chi connectivity index (χ1) is 16.3. The van der Waals surface area contributed by atoms with Crippen LogP contribution in [0.15, 0.2) is 66.7 Å². The molecule has 0 fully saturated rings. The first-order valence-corrected chi connectivity index (χ1v) is 12.8. The predicted octanol–water partition coefficient (Wildman–Crippen LogP) is 2.97. The number of benzene rings is 3. The Labute approximate surface area is 199 Å². The van der Waals surface area contributed by atoms with Crippen molar-refractivity contribution >= 4 is 15.7 Å². The van der Waals surface area contributed by atoms with Crippen molar-refractivity contribution in [2.24, 2.45) is 0 Å². The van der Waals surface area contributed by atoms with Gasteiger partial charge in [0.2, 0.25) is 16.8 Å². The predicted molar refractivity (Wildman–Crippen MR) is 130 cm³/mol. The number of hydrogen-bond donors (Lipinski definition) is 4. The lowest BCUT2D eigenvalue weighted by molar-refractivity contribution is 0.164. The topological polar surface area (TPSA) is 117 Å². The summed E-state index contributed by atoms with van der Waals surface area (Å²) < 4.78 is 36.6. The number of rotatable bonds is 10. The second-order valence-electron chi connectivity index (χ2n) is 8.32. The molecule has 8 nitrogen and oxygen atoms in total. The van der Waals surface area contributed by atoms with Crippen molar-refractivity contribution < 1.29 is 28.1 Å². The number of phenols is 1. The van der Waals surface area contributed by atoms with Crippen LogP contribution in [0.1, 0.15) is 22.7 Å². The number of fused-ring (bicyclic) bond motifs is 1. The molecule has 0 aromatic heterocycles. The van der Waals surface area contributed by atoms with E-state index in [1.54, 1.807) is 6.07 Å². The fraction of sp³-hybridized carbons (Fsp3) is 0.280. The molecule has 34 heavy (non-hydrogen) atoms. The molecule has 3 aromatic rings. The number of hydrogen-bond acceptors (Lipinski definition) is 7. The molecule has 9 heteroatoms. The maximum Gasteiger partial charge on any atom is 0.231 e. The molecule has 0 saturated heterocycles. The number of aliphatic hydroxyl groups excluding tert-OH is 1. The summed E-state index contributed by atoms with van der Waals surface area (Å²) in [5.74, 6) is 1.23. The molecule has 4 N–H and O–H groups in total. The molecule has 0 radical (unpaired) electrons. The zero-order chi connectivity index (χ0) is 24.1. The van der Waals surface area contributed by atoms with E-state index in [1.807, 2.05) is 36.4 Å². The molecule has 1 aliphatic rings. The Kier molecular flexibility index (Phi) is 7.26. The van der Waals surface area contributed by atoms with Gasteiger partial charge in [0, 0.05) is 18.2 Å². The summed E-state index contributed by atoms with van der Waals surface area (Å²) in [6.07, 6.45) is 1.23. The molecule has 0 saturated carbocycles. The van der Waals surface area contributed by atoms with Crippen LogP contribution in [0.25, 0.3) is 0 Å². The lowest BCUT2D eigenvalue weighted by Crippen LogP contribution is -2.33. The number of anilines is 1. The normalized spacial score (nSPS) is 14.5. The molecular formula is C25H28N2O6S. The lowest BCUT2D eigenvalue weighted by Gasteiger charge is -2.23. The van der Waals surface area contributed by atoms with Crippen molar-refractivity contribution in [3.8, 4) is 17.2 Å². The molecular weight excluding hydrogens is 456 g/mol. The Hall–Kier alpha value is -3.27. The van der Waals surface area contributed by atoms with Crippen molar-refractivity contribution in [1.29, 1.82) is 0 Å². The fourth-order valence-corrected chi connectivity index (χ4v) is 4.55. The van der Waals surface area contributed by atoms with E-state index in [2.05, 4.69) is 22.2 Å². The monoisotopic (exact) mass is 484 g/mol. The van der Waals surface area contributed by atoms with Crippen LogP contribution < -0.4 is 19.5 Å². The number of nitrogens with one attached hydrogen (secondary N) is 2. The summed E-state index contributed by atoms with van der Waals surface area (Å²) in [7, 11) is -3.54. The van der Waals surface area contributed by atoms with Gasteiger partial charge in [-0.25, -0.2) is 8.42 Å². The minimum absolute atomic E-state index is 0.0825. The van der Waals surface area contributed by atoms with Crippen molar-refractivity contribution in [3.63, 3.8) is 0 Å². The van der Waals surface area contributed by atoms with Gasteiger partial charge in [-0.3, -0.25) is 4.72 Å². The van der Waals surface area contributed by atoms with E-state index in [0.29, 0.717) is 23.5 Å². The highest BCUT2D eigenvalue weighted by Crippen LogP contribution is 2.39. The Bertz CT molecular complexity index is 1230. The summed E-state index contributed by atoms with van der Waals surface area (Å²) in [4.78, 5) is 0. The van der Waals surface area contributed by atoms with Crippen LogP contribution in [-0.2, 0) is 22.9 Å². The van der Waals surface area contributed by atoms with E-state index >= 15 is 0 Å². The van der Waals surface area contributed by atoms with Crippen LogP contribution in [0.2, 0.25) is 0 Å². The molecule has 0 bridgehead atoms. The summed E-state index contributed by atoms with van der Waals surface area (Å²) in [6, 6.07) is 20.3. The number of aromatic hydroxyl groups is 1. The second kappa shape index (κ2) is 10.3. The highest BCUT2D eigenvalue weighted by Gasteiger charge is 2.24. The number of sulfonamides is 1. The van der Waals surface area contributed by atoms with Crippen LogP contribution in [0.5, 0.6) is 17.2 Å². The molecule has 1 heterocycles. The van der Waals surface area contributed by atoms with Crippen molar-refractivity contribution in [3.05, 3.63) is 83.4 Å². The molecule has 4 rings (SSSR count). The summed E-state index contributed by atoms with van der Waals surface area (Å²) in [6.45, 7) is 0.468. The standard InChI is InChI=1S/C25H28N2O6S/c1-34(30,31)27-22-14-18(10-11-23(22)29)12-19(28)15-26-21(13-17-6-3-2-4-7-17)20-8-5-9-24-25(20)33-16-32-24/h2-11,14,19,21,26-29H,12-13,15-16H2,1H3/t19-,21?/m0/s1.